The van der Waals surface area contributed by atoms with Crippen molar-refractivity contribution in [1.29, 1.82) is 0 Å². The predicted octanol–water partition coefficient (Wildman–Crippen LogP) is 3.05. The summed E-state index contributed by atoms with van der Waals surface area (Å²) in [6.07, 6.45) is 0. The van der Waals surface area contributed by atoms with Crippen LogP contribution >= 0.6 is 11.6 Å². The molecular formula is C10H8ClF2NO3. The molecular weight excluding hydrogens is 256 g/mol. The summed E-state index contributed by atoms with van der Waals surface area (Å²) in [5, 5.41) is 10.3. The first-order valence-electron chi connectivity index (χ1n) is 4.44. The Hall–Kier alpha value is -1.69. The second-order valence-electron chi connectivity index (χ2n) is 3.16. The molecule has 0 atom stereocenters. The van der Waals surface area contributed by atoms with Gasteiger partial charge in [0.25, 0.3) is 0 Å². The molecule has 4 nitrogen and oxygen atoms in total. The van der Waals surface area contributed by atoms with E-state index in [-0.39, 0.29) is 12.5 Å². The lowest BCUT2D eigenvalue weighted by Crippen LogP contribution is -2.04. The maximum absolute atomic E-state index is 13.3. The molecule has 0 saturated heterocycles. The largest absolute Gasteiger partial charge is 0.486 e. The number of ether oxygens (including phenoxy) is 1. The van der Waals surface area contributed by atoms with Gasteiger partial charge in [0, 0.05) is 11.9 Å². The zero-order chi connectivity index (χ0) is 13.0. The molecule has 0 aliphatic carbocycles. The lowest BCUT2D eigenvalue weighted by atomic mass is 10.2. The van der Waals surface area contributed by atoms with Gasteiger partial charge in [0.1, 0.15) is 6.61 Å². The van der Waals surface area contributed by atoms with Gasteiger partial charge < -0.3 is 4.74 Å². The summed E-state index contributed by atoms with van der Waals surface area (Å²) >= 11 is 5.42. The molecule has 0 fully saturated rings. The van der Waals surface area contributed by atoms with Gasteiger partial charge in [-0.15, -0.1) is 11.6 Å². The number of hydrogen-bond donors (Lipinski definition) is 0. The van der Waals surface area contributed by atoms with Gasteiger partial charge >= 0.3 is 5.69 Å². The van der Waals surface area contributed by atoms with Crippen LogP contribution in [0.5, 0.6) is 5.75 Å². The monoisotopic (exact) mass is 263 g/mol. The van der Waals surface area contributed by atoms with Gasteiger partial charge in [0.2, 0.25) is 5.82 Å². The van der Waals surface area contributed by atoms with Gasteiger partial charge in [0.15, 0.2) is 11.6 Å². The predicted molar refractivity (Wildman–Crippen MR) is 58.4 cm³/mol. The van der Waals surface area contributed by atoms with Crippen molar-refractivity contribution < 1.29 is 18.4 Å². The van der Waals surface area contributed by atoms with Crippen molar-refractivity contribution in [2.45, 2.75) is 0 Å². The molecule has 0 aromatic heterocycles. The molecule has 7 heteroatoms. The summed E-state index contributed by atoms with van der Waals surface area (Å²) in [7, 11) is 0. The van der Waals surface area contributed by atoms with Crippen LogP contribution in [0, 0.1) is 21.7 Å². The lowest BCUT2D eigenvalue weighted by Gasteiger charge is -2.07. The van der Waals surface area contributed by atoms with Crippen LogP contribution in [0.15, 0.2) is 24.3 Å². The van der Waals surface area contributed by atoms with Crippen LogP contribution in [0.3, 0.4) is 0 Å². The highest BCUT2D eigenvalue weighted by Crippen LogP contribution is 2.26. The smallest absolute Gasteiger partial charge is 0.307 e. The lowest BCUT2D eigenvalue weighted by molar-refractivity contribution is -0.387. The Balaban J connectivity index is 2.92. The number of nitrogens with zero attached hydrogens (tertiary/aromatic N) is 1. The minimum absolute atomic E-state index is 0.0856. The Kier molecular flexibility index (Phi) is 4.39. The van der Waals surface area contributed by atoms with E-state index in [4.69, 9.17) is 16.3 Å². The summed E-state index contributed by atoms with van der Waals surface area (Å²) in [6, 6.07) is 1.09. The fraction of sp³-hybridized carbons (Fsp3) is 0.200. The van der Waals surface area contributed by atoms with E-state index in [1.807, 2.05) is 0 Å². The third-order valence-electron chi connectivity index (χ3n) is 1.82. The number of halogens is 3. The molecule has 0 saturated carbocycles. The van der Waals surface area contributed by atoms with Crippen molar-refractivity contribution in [3.8, 4) is 5.75 Å². The van der Waals surface area contributed by atoms with Crippen molar-refractivity contribution in [1.82, 2.24) is 0 Å². The first-order valence-corrected chi connectivity index (χ1v) is 4.98. The Morgan fingerprint density at radius 2 is 2.12 bits per heavy atom. The maximum atomic E-state index is 13.3. The van der Waals surface area contributed by atoms with Crippen molar-refractivity contribution >= 4 is 17.3 Å². The summed E-state index contributed by atoms with van der Waals surface area (Å²) in [5.41, 5.74) is -0.462. The highest BCUT2D eigenvalue weighted by atomic mass is 35.5. The van der Waals surface area contributed by atoms with Crippen LogP contribution in [0.2, 0.25) is 0 Å². The van der Waals surface area contributed by atoms with Gasteiger partial charge in [-0.3, -0.25) is 10.1 Å². The normalized spacial score (nSPS) is 10.1. The minimum atomic E-state index is -1.16. The molecule has 0 spiro atoms. The van der Waals surface area contributed by atoms with Gasteiger partial charge in [-0.2, -0.15) is 4.39 Å². The Labute approximate surface area is 101 Å². The third kappa shape index (κ3) is 3.39. The van der Waals surface area contributed by atoms with E-state index in [2.05, 4.69) is 6.58 Å². The molecule has 0 bridgehead atoms. The molecule has 1 aromatic carbocycles. The van der Waals surface area contributed by atoms with Crippen LogP contribution < -0.4 is 4.74 Å². The Morgan fingerprint density at radius 3 is 2.65 bits per heavy atom. The zero-order valence-corrected chi connectivity index (χ0v) is 9.34. The van der Waals surface area contributed by atoms with Crippen LogP contribution in [0.1, 0.15) is 0 Å². The fourth-order valence-corrected chi connectivity index (χ4v) is 1.06. The van der Waals surface area contributed by atoms with E-state index < -0.39 is 28.0 Å². The number of hydrogen-bond acceptors (Lipinski definition) is 3. The van der Waals surface area contributed by atoms with Crippen LogP contribution in [-0.4, -0.2) is 17.4 Å². The standard InChI is InChI=1S/C10H8ClF2NO3/c1-6(4-11)5-17-10-3-7(12)9(14(15)16)2-8(10)13/h2-3H,1,4-5H2. The quantitative estimate of drug-likeness (QED) is 0.355. The Morgan fingerprint density at radius 1 is 1.47 bits per heavy atom. The van der Waals surface area contributed by atoms with Crippen molar-refractivity contribution in [2.75, 3.05) is 12.5 Å². The highest BCUT2D eigenvalue weighted by molar-refractivity contribution is 6.19. The second kappa shape index (κ2) is 5.58. The molecule has 0 aliphatic heterocycles. The molecule has 1 aromatic rings. The van der Waals surface area contributed by atoms with E-state index in [1.54, 1.807) is 0 Å². The summed E-state index contributed by atoms with van der Waals surface area (Å²) in [6.45, 7) is 3.42. The van der Waals surface area contributed by atoms with Crippen molar-refractivity contribution in [3.63, 3.8) is 0 Å². The number of rotatable bonds is 5. The number of benzene rings is 1. The van der Waals surface area contributed by atoms with Crippen LogP contribution in [-0.2, 0) is 0 Å². The number of nitro benzene ring substituents is 1. The SMILES string of the molecule is C=C(CCl)COc1cc(F)c([N+](=O)[O-])cc1F. The molecule has 0 unspecified atom stereocenters. The van der Waals surface area contributed by atoms with Gasteiger partial charge in [-0.25, -0.2) is 4.39 Å². The van der Waals surface area contributed by atoms with Crippen LogP contribution in [0.4, 0.5) is 14.5 Å². The van der Waals surface area contributed by atoms with Gasteiger partial charge in [-0.1, -0.05) is 6.58 Å². The summed E-state index contributed by atoms with van der Waals surface area (Å²) in [5.74, 6) is -2.47. The topological polar surface area (TPSA) is 52.4 Å². The van der Waals surface area contributed by atoms with E-state index in [1.165, 1.54) is 0 Å². The zero-order valence-electron chi connectivity index (χ0n) is 8.58. The number of nitro groups is 1. The first kappa shape index (κ1) is 13.4. The van der Waals surface area contributed by atoms with E-state index >= 15 is 0 Å². The molecule has 92 valence electrons. The average Bonchev–Trinajstić information content (AvgIpc) is 2.28. The van der Waals surface area contributed by atoms with E-state index in [0.717, 1.165) is 0 Å². The fourth-order valence-electron chi connectivity index (χ4n) is 0.987. The minimum Gasteiger partial charge on any atom is -0.486 e. The molecule has 0 amide bonds. The van der Waals surface area contributed by atoms with Crippen molar-refractivity contribution in [3.05, 3.63) is 46.0 Å². The second-order valence-corrected chi connectivity index (χ2v) is 3.43. The maximum Gasteiger partial charge on any atom is 0.307 e. The van der Waals surface area contributed by atoms with Gasteiger partial charge in [0.05, 0.1) is 11.0 Å². The summed E-state index contributed by atoms with van der Waals surface area (Å²) < 4.78 is 31.3. The molecule has 0 heterocycles. The average molecular weight is 264 g/mol. The molecule has 0 aliphatic rings. The van der Waals surface area contributed by atoms with E-state index in [9.17, 15) is 18.9 Å². The molecule has 1 rings (SSSR count). The Bertz CT molecular complexity index is 465. The highest BCUT2D eigenvalue weighted by Gasteiger charge is 2.19. The number of alkyl halides is 1. The molecule has 17 heavy (non-hydrogen) atoms. The molecule has 0 radical (unpaired) electrons. The molecule has 0 N–H and O–H groups in total. The third-order valence-corrected chi connectivity index (χ3v) is 2.20. The van der Waals surface area contributed by atoms with Gasteiger partial charge in [-0.05, 0) is 5.57 Å². The van der Waals surface area contributed by atoms with Crippen LogP contribution in [0.25, 0.3) is 0 Å². The van der Waals surface area contributed by atoms with E-state index in [0.29, 0.717) is 17.7 Å². The van der Waals surface area contributed by atoms with Crippen molar-refractivity contribution in [2.24, 2.45) is 0 Å². The summed E-state index contributed by atoms with van der Waals surface area (Å²) in [4.78, 5) is 9.31. The first-order chi connectivity index (χ1) is 7.95.